The van der Waals surface area contributed by atoms with Crippen LogP contribution in [0.25, 0.3) is 0 Å². The predicted octanol–water partition coefficient (Wildman–Crippen LogP) is 6.45. The van der Waals surface area contributed by atoms with Gasteiger partial charge in [0.15, 0.2) is 0 Å². The van der Waals surface area contributed by atoms with Crippen LogP contribution < -0.4 is 5.32 Å². The van der Waals surface area contributed by atoms with Crippen molar-refractivity contribution in [3.8, 4) is 0 Å². The van der Waals surface area contributed by atoms with Gasteiger partial charge in [-0.3, -0.25) is 4.79 Å². The highest BCUT2D eigenvalue weighted by atomic mass is 35.5. The number of nitrogens with one attached hydrogen (secondary N) is 1. The van der Waals surface area contributed by atoms with Crippen LogP contribution in [-0.2, 0) is 4.79 Å². The minimum atomic E-state index is -0.453. The fourth-order valence-electron chi connectivity index (χ4n) is 4.56. The molecule has 1 N–H and O–H groups in total. The average Bonchev–Trinajstić information content (AvgIpc) is 3.20. The first-order chi connectivity index (χ1) is 11.8. The zero-order valence-electron chi connectivity index (χ0n) is 14.9. The molecular formula is C20H26Cl2FNO. The van der Waals surface area contributed by atoms with Crippen molar-refractivity contribution in [1.82, 2.24) is 5.32 Å². The standard InChI is InChI=1S/C20H26Cl2FNO/c1-19(9-3-4-10-19)17(15-14(23)8-7-13(21)16(15)22)24-18(25)20(2)11-5-6-12-20/h7-8,17H,3-6,9-12H2,1-2H3,(H,24,25). The highest BCUT2D eigenvalue weighted by Crippen LogP contribution is 2.50. The molecular weight excluding hydrogens is 360 g/mol. The maximum absolute atomic E-state index is 14.7. The van der Waals surface area contributed by atoms with Crippen LogP contribution in [0.15, 0.2) is 12.1 Å². The van der Waals surface area contributed by atoms with E-state index in [1.165, 1.54) is 12.1 Å². The fourth-order valence-corrected chi connectivity index (χ4v) is 4.99. The lowest BCUT2D eigenvalue weighted by atomic mass is 9.76. The first-order valence-electron chi connectivity index (χ1n) is 9.21. The summed E-state index contributed by atoms with van der Waals surface area (Å²) in [5.74, 6) is -0.386. The Labute approximate surface area is 159 Å². The normalized spacial score (nSPS) is 22.8. The maximum atomic E-state index is 14.7. The summed E-state index contributed by atoms with van der Waals surface area (Å²) in [6, 6.07) is 2.36. The third-order valence-electron chi connectivity index (χ3n) is 6.34. The lowest BCUT2D eigenvalue weighted by molar-refractivity contribution is -0.131. The number of carbonyl (C=O) groups excluding carboxylic acids is 1. The fraction of sp³-hybridized carbons (Fsp3) is 0.650. The Kier molecular flexibility index (Phi) is 5.37. The largest absolute Gasteiger partial charge is 0.348 e. The average molecular weight is 386 g/mol. The Morgan fingerprint density at radius 1 is 1.08 bits per heavy atom. The molecule has 0 aliphatic heterocycles. The molecule has 1 aromatic rings. The molecule has 2 saturated carbocycles. The van der Waals surface area contributed by atoms with Crippen LogP contribution in [0.2, 0.25) is 10.0 Å². The highest BCUT2D eigenvalue weighted by Gasteiger charge is 2.44. The Morgan fingerprint density at radius 3 is 2.24 bits per heavy atom. The van der Waals surface area contributed by atoms with Crippen LogP contribution in [-0.4, -0.2) is 5.91 Å². The summed E-state index contributed by atoms with van der Waals surface area (Å²) in [5.41, 5.74) is -0.234. The van der Waals surface area contributed by atoms with Gasteiger partial charge in [0, 0.05) is 11.0 Å². The van der Waals surface area contributed by atoms with E-state index in [1.807, 2.05) is 6.92 Å². The lowest BCUT2D eigenvalue weighted by Crippen LogP contribution is -2.44. The van der Waals surface area contributed by atoms with Gasteiger partial charge >= 0.3 is 0 Å². The SMILES string of the molecule is CC1(C(=O)NC(c2c(F)ccc(Cl)c2Cl)C2(C)CCCC2)CCCC1. The second kappa shape index (κ2) is 7.08. The molecule has 0 aromatic heterocycles. The van der Waals surface area contributed by atoms with E-state index in [0.717, 1.165) is 51.4 Å². The van der Waals surface area contributed by atoms with Gasteiger partial charge in [0.2, 0.25) is 5.91 Å². The van der Waals surface area contributed by atoms with Crippen LogP contribution in [0.4, 0.5) is 4.39 Å². The number of carbonyl (C=O) groups is 1. The van der Waals surface area contributed by atoms with Crippen molar-refractivity contribution in [3.63, 3.8) is 0 Å². The molecule has 2 aliphatic carbocycles. The van der Waals surface area contributed by atoms with Gasteiger partial charge in [0.1, 0.15) is 5.82 Å². The summed E-state index contributed by atoms with van der Waals surface area (Å²) in [6.07, 6.45) is 7.95. The molecule has 0 spiro atoms. The van der Waals surface area contributed by atoms with E-state index >= 15 is 0 Å². The van der Waals surface area contributed by atoms with Crippen LogP contribution in [0.3, 0.4) is 0 Å². The van der Waals surface area contributed by atoms with Crippen molar-refractivity contribution in [3.05, 3.63) is 33.6 Å². The summed E-state index contributed by atoms with van der Waals surface area (Å²) in [5, 5.41) is 3.73. The van der Waals surface area contributed by atoms with Crippen molar-refractivity contribution in [1.29, 1.82) is 0 Å². The predicted molar refractivity (Wildman–Crippen MR) is 100 cm³/mol. The van der Waals surface area contributed by atoms with Crippen molar-refractivity contribution in [2.45, 2.75) is 71.3 Å². The van der Waals surface area contributed by atoms with E-state index < -0.39 is 11.9 Å². The summed E-state index contributed by atoms with van der Waals surface area (Å²) >= 11 is 12.5. The first-order valence-corrected chi connectivity index (χ1v) is 9.97. The molecule has 1 unspecified atom stereocenters. The number of hydrogen-bond donors (Lipinski definition) is 1. The van der Waals surface area contributed by atoms with Gasteiger partial charge in [-0.25, -0.2) is 4.39 Å². The Hall–Kier alpha value is -0.800. The van der Waals surface area contributed by atoms with E-state index in [9.17, 15) is 9.18 Å². The molecule has 2 fully saturated rings. The van der Waals surface area contributed by atoms with E-state index in [1.54, 1.807) is 0 Å². The zero-order valence-corrected chi connectivity index (χ0v) is 16.4. The molecule has 0 heterocycles. The number of hydrogen-bond acceptors (Lipinski definition) is 1. The second-order valence-corrected chi connectivity index (χ2v) is 9.08. The Balaban J connectivity index is 2.00. The van der Waals surface area contributed by atoms with E-state index in [-0.39, 0.29) is 21.8 Å². The maximum Gasteiger partial charge on any atom is 0.226 e. The molecule has 2 nitrogen and oxygen atoms in total. The quantitative estimate of drug-likeness (QED) is 0.592. The lowest BCUT2D eigenvalue weighted by Gasteiger charge is -2.38. The molecule has 0 saturated heterocycles. The van der Waals surface area contributed by atoms with Crippen molar-refractivity contribution in [2.75, 3.05) is 0 Å². The number of halogens is 3. The van der Waals surface area contributed by atoms with Crippen molar-refractivity contribution in [2.24, 2.45) is 10.8 Å². The van der Waals surface area contributed by atoms with E-state index in [4.69, 9.17) is 23.2 Å². The molecule has 5 heteroatoms. The van der Waals surface area contributed by atoms with Gasteiger partial charge in [0.05, 0.1) is 16.1 Å². The number of amides is 1. The zero-order chi connectivity index (χ0) is 18.2. The van der Waals surface area contributed by atoms with Gasteiger partial charge in [-0.15, -0.1) is 0 Å². The number of rotatable bonds is 4. The molecule has 3 rings (SSSR count). The van der Waals surface area contributed by atoms with Crippen molar-refractivity contribution < 1.29 is 9.18 Å². The highest BCUT2D eigenvalue weighted by molar-refractivity contribution is 6.42. The molecule has 0 radical (unpaired) electrons. The Morgan fingerprint density at radius 2 is 1.64 bits per heavy atom. The minimum Gasteiger partial charge on any atom is -0.348 e. The summed E-state index contributed by atoms with van der Waals surface area (Å²) in [7, 11) is 0. The van der Waals surface area contributed by atoms with Crippen LogP contribution >= 0.6 is 23.2 Å². The molecule has 25 heavy (non-hydrogen) atoms. The van der Waals surface area contributed by atoms with Crippen LogP contribution in [0.1, 0.15) is 76.8 Å². The molecule has 1 aromatic carbocycles. The third kappa shape index (κ3) is 3.55. The topological polar surface area (TPSA) is 29.1 Å². The third-order valence-corrected chi connectivity index (χ3v) is 7.16. The molecule has 2 aliphatic rings. The summed E-state index contributed by atoms with van der Waals surface area (Å²) in [6.45, 7) is 4.14. The molecule has 0 bridgehead atoms. The smallest absolute Gasteiger partial charge is 0.226 e. The summed E-state index contributed by atoms with van der Waals surface area (Å²) in [4.78, 5) is 13.0. The monoisotopic (exact) mass is 385 g/mol. The van der Waals surface area contributed by atoms with Gasteiger partial charge in [-0.1, -0.05) is 62.7 Å². The van der Waals surface area contributed by atoms with Gasteiger partial charge in [0.25, 0.3) is 0 Å². The Bertz CT molecular complexity index is 664. The molecule has 1 atom stereocenters. The van der Waals surface area contributed by atoms with E-state index in [2.05, 4.69) is 12.2 Å². The first kappa shape index (κ1) is 19.0. The summed E-state index contributed by atoms with van der Waals surface area (Å²) < 4.78 is 14.7. The molecule has 1 amide bonds. The van der Waals surface area contributed by atoms with Crippen LogP contribution in [0.5, 0.6) is 0 Å². The van der Waals surface area contributed by atoms with Gasteiger partial charge < -0.3 is 5.32 Å². The van der Waals surface area contributed by atoms with Gasteiger partial charge in [-0.05, 0) is 43.2 Å². The second-order valence-electron chi connectivity index (χ2n) is 8.29. The van der Waals surface area contributed by atoms with Crippen molar-refractivity contribution >= 4 is 29.1 Å². The molecule has 138 valence electrons. The van der Waals surface area contributed by atoms with Gasteiger partial charge in [-0.2, -0.15) is 0 Å². The number of benzene rings is 1. The van der Waals surface area contributed by atoms with E-state index in [0.29, 0.717) is 10.6 Å². The minimum absolute atomic E-state index is 0.0126. The van der Waals surface area contributed by atoms with Crippen LogP contribution in [0, 0.1) is 16.6 Å².